The van der Waals surface area contributed by atoms with Crippen molar-refractivity contribution in [2.75, 3.05) is 0 Å². The van der Waals surface area contributed by atoms with Crippen LogP contribution in [-0.4, -0.2) is 27.8 Å². The van der Waals surface area contributed by atoms with Crippen LogP contribution in [0.15, 0.2) is 0 Å². The molecule has 0 spiro atoms. The SMILES string of the molecule is C[Si](C)(C)O[C@]1(C#N)CC[C@@H]2C[C@H]1CC[C@]2(C#N)O[Si](C)(C)C. The minimum atomic E-state index is -1.79. The Morgan fingerprint density at radius 1 is 0.783 bits per heavy atom. The molecule has 0 aromatic carbocycles. The zero-order chi connectivity index (χ0) is 17.5. The molecule has 2 rings (SSSR count). The quantitative estimate of drug-likeness (QED) is 0.704. The fourth-order valence-corrected chi connectivity index (χ4v) is 7.13. The molecule has 0 saturated heterocycles. The fourth-order valence-electron chi connectivity index (χ4n) is 4.31. The number of hydrogen-bond acceptors (Lipinski definition) is 4. The molecule has 128 valence electrons. The molecule has 0 aliphatic heterocycles. The van der Waals surface area contributed by atoms with Gasteiger partial charge in [-0.25, -0.2) is 0 Å². The van der Waals surface area contributed by atoms with Gasteiger partial charge in [-0.15, -0.1) is 0 Å². The highest BCUT2D eigenvalue weighted by atomic mass is 28.4. The first-order chi connectivity index (χ1) is 10.5. The van der Waals surface area contributed by atoms with E-state index in [-0.39, 0.29) is 11.8 Å². The van der Waals surface area contributed by atoms with E-state index in [9.17, 15) is 10.5 Å². The van der Waals surface area contributed by atoms with Gasteiger partial charge >= 0.3 is 0 Å². The van der Waals surface area contributed by atoms with Crippen molar-refractivity contribution in [3.05, 3.63) is 0 Å². The van der Waals surface area contributed by atoms with E-state index in [0.29, 0.717) is 0 Å². The van der Waals surface area contributed by atoms with Gasteiger partial charge in [0.05, 0.1) is 12.1 Å². The van der Waals surface area contributed by atoms with Crippen LogP contribution >= 0.6 is 0 Å². The molecule has 23 heavy (non-hydrogen) atoms. The van der Waals surface area contributed by atoms with Gasteiger partial charge in [0.2, 0.25) is 0 Å². The van der Waals surface area contributed by atoms with Crippen molar-refractivity contribution in [1.29, 1.82) is 10.5 Å². The van der Waals surface area contributed by atoms with Crippen molar-refractivity contribution in [3.63, 3.8) is 0 Å². The molecule has 6 heteroatoms. The summed E-state index contributed by atoms with van der Waals surface area (Å²) < 4.78 is 12.7. The molecular formula is C17H30N2O2Si2. The molecule has 0 aromatic heterocycles. The van der Waals surface area contributed by atoms with Crippen molar-refractivity contribution < 1.29 is 8.85 Å². The lowest BCUT2D eigenvalue weighted by atomic mass is 9.59. The Labute approximate surface area is 143 Å². The van der Waals surface area contributed by atoms with E-state index in [1.54, 1.807) is 0 Å². The predicted molar refractivity (Wildman–Crippen MR) is 95.6 cm³/mol. The smallest absolute Gasteiger partial charge is 0.185 e. The van der Waals surface area contributed by atoms with E-state index in [4.69, 9.17) is 8.85 Å². The first-order valence-electron chi connectivity index (χ1n) is 8.68. The van der Waals surface area contributed by atoms with Gasteiger partial charge in [0.15, 0.2) is 16.6 Å². The van der Waals surface area contributed by atoms with Gasteiger partial charge in [0.25, 0.3) is 0 Å². The Bertz CT molecular complexity index is 493. The zero-order valence-electron chi connectivity index (χ0n) is 15.4. The molecule has 2 aliphatic carbocycles. The number of rotatable bonds is 4. The first-order valence-corrected chi connectivity index (χ1v) is 15.5. The maximum absolute atomic E-state index is 9.85. The monoisotopic (exact) mass is 350 g/mol. The second-order valence-electron chi connectivity index (χ2n) is 9.14. The number of hydrogen-bond donors (Lipinski definition) is 0. The predicted octanol–water partition coefficient (Wildman–Crippen LogP) is 4.42. The zero-order valence-corrected chi connectivity index (χ0v) is 17.4. The van der Waals surface area contributed by atoms with Crippen LogP contribution < -0.4 is 0 Å². The highest BCUT2D eigenvalue weighted by molar-refractivity contribution is 6.70. The molecule has 0 radical (unpaired) electrons. The Hall–Kier alpha value is -0.666. The highest BCUT2D eigenvalue weighted by Crippen LogP contribution is 2.53. The summed E-state index contributed by atoms with van der Waals surface area (Å²) in [6.45, 7) is 12.9. The molecule has 2 bridgehead atoms. The minimum Gasteiger partial charge on any atom is -0.400 e. The van der Waals surface area contributed by atoms with Crippen molar-refractivity contribution >= 4 is 16.6 Å². The molecule has 2 aliphatic rings. The van der Waals surface area contributed by atoms with Gasteiger partial charge in [-0.3, -0.25) is 0 Å². The van der Waals surface area contributed by atoms with E-state index >= 15 is 0 Å². The molecule has 0 amide bonds. The molecule has 0 unspecified atom stereocenters. The van der Waals surface area contributed by atoms with Gasteiger partial charge in [-0.05, 0) is 71.4 Å². The average Bonchev–Trinajstić information content (AvgIpc) is 2.41. The largest absolute Gasteiger partial charge is 0.400 e. The summed E-state index contributed by atoms with van der Waals surface area (Å²) in [5.74, 6) is 0.481. The van der Waals surface area contributed by atoms with E-state index in [2.05, 4.69) is 51.4 Å². The third-order valence-electron chi connectivity index (χ3n) is 4.97. The van der Waals surface area contributed by atoms with Crippen molar-refractivity contribution in [2.45, 2.75) is 82.6 Å². The number of nitrogens with zero attached hydrogens (tertiary/aromatic N) is 2. The molecular weight excluding hydrogens is 320 g/mol. The number of fused-ring (bicyclic) bond motifs is 2. The lowest BCUT2D eigenvalue weighted by Crippen LogP contribution is -2.58. The molecule has 0 heterocycles. The van der Waals surface area contributed by atoms with Crippen LogP contribution in [0.5, 0.6) is 0 Å². The van der Waals surface area contributed by atoms with E-state index in [0.717, 1.165) is 32.1 Å². The molecule has 4 nitrogen and oxygen atoms in total. The fraction of sp³-hybridized carbons (Fsp3) is 0.882. The van der Waals surface area contributed by atoms with Crippen molar-refractivity contribution in [1.82, 2.24) is 0 Å². The lowest BCUT2D eigenvalue weighted by molar-refractivity contribution is -0.0869. The van der Waals surface area contributed by atoms with Gasteiger partial charge in [-0.1, -0.05) is 0 Å². The van der Waals surface area contributed by atoms with E-state index < -0.39 is 27.8 Å². The Balaban J connectivity index is 2.23. The normalized spacial score (nSPS) is 37.7. The highest BCUT2D eigenvalue weighted by Gasteiger charge is 2.56. The third-order valence-corrected chi connectivity index (χ3v) is 6.92. The molecule has 4 atom stereocenters. The van der Waals surface area contributed by atoms with E-state index in [1.807, 2.05) is 0 Å². The standard InChI is InChI=1S/C17H30N2O2Si2/c1-22(2,3)20-16(12-18)9-7-15-11-14(16)8-10-17(15,13-19)21-23(4,5)6/h14-15H,7-11H2,1-6H3/t14-,15-,16-,17+/m1/s1. The summed E-state index contributed by atoms with van der Waals surface area (Å²) in [4.78, 5) is 0. The molecule has 0 N–H and O–H groups in total. The van der Waals surface area contributed by atoms with Crippen molar-refractivity contribution in [3.8, 4) is 12.1 Å². The molecule has 0 aromatic rings. The summed E-state index contributed by atoms with van der Waals surface area (Å²) in [7, 11) is -3.58. The van der Waals surface area contributed by atoms with Gasteiger partial charge in [0.1, 0.15) is 11.2 Å². The summed E-state index contributed by atoms with van der Waals surface area (Å²) in [5, 5.41) is 19.7. The van der Waals surface area contributed by atoms with Crippen LogP contribution in [0.2, 0.25) is 39.3 Å². The Kier molecular flexibility index (Phi) is 4.87. The maximum Gasteiger partial charge on any atom is 0.185 e. The molecule has 2 fully saturated rings. The topological polar surface area (TPSA) is 66.0 Å². The average molecular weight is 351 g/mol. The van der Waals surface area contributed by atoms with Gasteiger partial charge < -0.3 is 8.85 Å². The maximum atomic E-state index is 9.85. The Morgan fingerprint density at radius 2 is 1.13 bits per heavy atom. The summed E-state index contributed by atoms with van der Waals surface area (Å²) in [6.07, 6.45) is 4.07. The summed E-state index contributed by atoms with van der Waals surface area (Å²) >= 11 is 0. The van der Waals surface area contributed by atoms with Crippen LogP contribution in [-0.2, 0) is 8.85 Å². The second-order valence-corrected chi connectivity index (χ2v) is 18.0. The lowest BCUT2D eigenvalue weighted by Gasteiger charge is -2.53. The summed E-state index contributed by atoms with van der Waals surface area (Å²) in [6, 6.07) is 5.04. The van der Waals surface area contributed by atoms with Crippen LogP contribution in [0.4, 0.5) is 0 Å². The van der Waals surface area contributed by atoms with Crippen molar-refractivity contribution in [2.24, 2.45) is 11.8 Å². The van der Waals surface area contributed by atoms with Crippen LogP contribution in [0.1, 0.15) is 32.1 Å². The minimum absolute atomic E-state index is 0.240. The summed E-state index contributed by atoms with van der Waals surface area (Å²) in [5.41, 5.74) is -1.27. The van der Waals surface area contributed by atoms with Gasteiger partial charge in [-0.2, -0.15) is 10.5 Å². The Morgan fingerprint density at radius 3 is 1.39 bits per heavy atom. The van der Waals surface area contributed by atoms with Crippen LogP contribution in [0, 0.1) is 34.5 Å². The third kappa shape index (κ3) is 3.88. The van der Waals surface area contributed by atoms with Crippen LogP contribution in [0.3, 0.4) is 0 Å². The second kappa shape index (κ2) is 6.00. The first kappa shape index (κ1) is 18.7. The number of nitriles is 2. The van der Waals surface area contributed by atoms with E-state index in [1.165, 1.54) is 0 Å². The van der Waals surface area contributed by atoms with Crippen LogP contribution in [0.25, 0.3) is 0 Å². The molecule has 2 saturated carbocycles. The van der Waals surface area contributed by atoms with Gasteiger partial charge in [0, 0.05) is 11.8 Å².